The van der Waals surface area contributed by atoms with Gasteiger partial charge in [0, 0.05) is 36.7 Å². The lowest BCUT2D eigenvalue weighted by Crippen LogP contribution is -2.29. The Kier molecular flexibility index (Phi) is 5.07. The van der Waals surface area contributed by atoms with E-state index >= 15 is 0 Å². The number of carbonyl (C=O) groups excluding carboxylic acids is 1. The summed E-state index contributed by atoms with van der Waals surface area (Å²) >= 11 is 1.28. The van der Waals surface area contributed by atoms with E-state index in [1.54, 1.807) is 29.4 Å². The van der Waals surface area contributed by atoms with E-state index in [9.17, 15) is 9.18 Å². The van der Waals surface area contributed by atoms with Crippen molar-refractivity contribution in [2.75, 3.05) is 18.8 Å². The lowest BCUT2D eigenvalue weighted by molar-refractivity contribution is -0.125. The standard InChI is InChI=1S/C19H17FN6OS/c1-13-22-10-11-25(13)17(27)12-28-19-24-23-18(14-6-8-21-9-7-14)26(19)16-4-2-15(20)3-5-16/h2-9,22H,1,10-12H2. The molecule has 0 bridgehead atoms. The Morgan fingerprint density at radius 2 is 1.93 bits per heavy atom. The van der Waals surface area contributed by atoms with E-state index in [-0.39, 0.29) is 17.5 Å². The van der Waals surface area contributed by atoms with Crippen molar-refractivity contribution in [2.24, 2.45) is 0 Å². The van der Waals surface area contributed by atoms with Crippen LogP contribution in [0.25, 0.3) is 17.1 Å². The maximum Gasteiger partial charge on any atom is 0.238 e. The molecule has 0 aliphatic carbocycles. The SMILES string of the molecule is C=C1NCCN1C(=O)CSc1nnc(-c2ccncc2)n1-c1ccc(F)cc1. The molecule has 0 radical (unpaired) electrons. The molecule has 9 heteroatoms. The molecular weight excluding hydrogens is 379 g/mol. The largest absolute Gasteiger partial charge is 0.370 e. The molecule has 0 atom stereocenters. The molecule has 1 saturated heterocycles. The van der Waals surface area contributed by atoms with E-state index < -0.39 is 0 Å². The van der Waals surface area contributed by atoms with Gasteiger partial charge in [0.25, 0.3) is 0 Å². The summed E-state index contributed by atoms with van der Waals surface area (Å²) in [5, 5.41) is 12.1. The number of rotatable bonds is 5. The van der Waals surface area contributed by atoms with Gasteiger partial charge in [-0.25, -0.2) is 4.39 Å². The van der Waals surface area contributed by atoms with Gasteiger partial charge in [0.1, 0.15) is 11.6 Å². The molecule has 142 valence electrons. The molecule has 1 aromatic carbocycles. The highest BCUT2D eigenvalue weighted by Crippen LogP contribution is 2.28. The summed E-state index contributed by atoms with van der Waals surface area (Å²) in [6, 6.07) is 9.71. The summed E-state index contributed by atoms with van der Waals surface area (Å²) in [6.45, 7) is 5.14. The van der Waals surface area contributed by atoms with Crippen molar-refractivity contribution in [1.29, 1.82) is 0 Å². The number of hydrogen-bond acceptors (Lipinski definition) is 6. The molecule has 0 saturated carbocycles. The fraction of sp³-hybridized carbons (Fsp3) is 0.158. The number of nitrogens with zero attached hydrogens (tertiary/aromatic N) is 5. The van der Waals surface area contributed by atoms with Gasteiger partial charge in [-0.1, -0.05) is 18.3 Å². The second kappa shape index (κ2) is 7.81. The van der Waals surface area contributed by atoms with Crippen molar-refractivity contribution in [2.45, 2.75) is 5.16 Å². The van der Waals surface area contributed by atoms with E-state index in [1.165, 1.54) is 23.9 Å². The third-order valence-corrected chi connectivity index (χ3v) is 5.19. The molecule has 7 nitrogen and oxygen atoms in total. The predicted molar refractivity (Wildman–Crippen MR) is 104 cm³/mol. The number of aromatic nitrogens is 4. The maximum absolute atomic E-state index is 13.4. The quantitative estimate of drug-likeness (QED) is 0.668. The van der Waals surface area contributed by atoms with Gasteiger partial charge in [-0.3, -0.25) is 19.2 Å². The Morgan fingerprint density at radius 3 is 2.61 bits per heavy atom. The minimum atomic E-state index is -0.327. The monoisotopic (exact) mass is 396 g/mol. The van der Waals surface area contributed by atoms with Gasteiger partial charge in [0.15, 0.2) is 11.0 Å². The van der Waals surface area contributed by atoms with Gasteiger partial charge in [-0.15, -0.1) is 10.2 Å². The molecule has 4 rings (SSSR count). The van der Waals surface area contributed by atoms with Crippen LogP contribution in [0.15, 0.2) is 66.3 Å². The van der Waals surface area contributed by atoms with E-state index in [4.69, 9.17) is 0 Å². The fourth-order valence-electron chi connectivity index (χ4n) is 2.90. The smallest absolute Gasteiger partial charge is 0.238 e. The van der Waals surface area contributed by atoms with Crippen LogP contribution in [0, 0.1) is 5.82 Å². The number of thioether (sulfide) groups is 1. The van der Waals surface area contributed by atoms with Crippen LogP contribution in [-0.2, 0) is 4.79 Å². The Balaban J connectivity index is 1.65. The first-order valence-corrected chi connectivity index (χ1v) is 9.60. The van der Waals surface area contributed by atoms with Crippen LogP contribution < -0.4 is 5.32 Å². The van der Waals surface area contributed by atoms with Crippen LogP contribution in [0.5, 0.6) is 0 Å². The molecule has 1 aliphatic heterocycles. The van der Waals surface area contributed by atoms with Crippen LogP contribution in [0.2, 0.25) is 0 Å². The zero-order chi connectivity index (χ0) is 19.5. The lowest BCUT2D eigenvalue weighted by atomic mass is 10.2. The molecule has 1 fully saturated rings. The minimum Gasteiger partial charge on any atom is -0.370 e. The van der Waals surface area contributed by atoms with Crippen LogP contribution in [0.4, 0.5) is 4.39 Å². The van der Waals surface area contributed by atoms with Crippen LogP contribution in [0.3, 0.4) is 0 Å². The zero-order valence-corrected chi connectivity index (χ0v) is 15.7. The number of nitrogens with one attached hydrogen (secondary N) is 1. The fourth-order valence-corrected chi connectivity index (χ4v) is 3.72. The average molecular weight is 396 g/mol. The molecule has 1 aliphatic rings. The van der Waals surface area contributed by atoms with Crippen molar-refractivity contribution in [3.05, 3.63) is 67.0 Å². The summed E-state index contributed by atoms with van der Waals surface area (Å²) < 4.78 is 15.2. The first kappa shape index (κ1) is 18.2. The molecule has 2 aromatic heterocycles. The van der Waals surface area contributed by atoms with E-state index in [1.807, 2.05) is 16.7 Å². The third-order valence-electron chi connectivity index (χ3n) is 4.27. The van der Waals surface area contributed by atoms with Gasteiger partial charge in [-0.05, 0) is 36.4 Å². The minimum absolute atomic E-state index is 0.0564. The number of benzene rings is 1. The van der Waals surface area contributed by atoms with Crippen LogP contribution in [0.1, 0.15) is 0 Å². The first-order chi connectivity index (χ1) is 13.6. The van der Waals surface area contributed by atoms with Crippen molar-refractivity contribution in [3.8, 4) is 17.1 Å². The van der Waals surface area contributed by atoms with Gasteiger partial charge in [0.2, 0.25) is 5.91 Å². The zero-order valence-electron chi connectivity index (χ0n) is 14.9. The van der Waals surface area contributed by atoms with Crippen molar-refractivity contribution < 1.29 is 9.18 Å². The summed E-state index contributed by atoms with van der Waals surface area (Å²) in [5.74, 6) is 1.02. The normalized spacial score (nSPS) is 13.6. The highest BCUT2D eigenvalue weighted by Gasteiger charge is 2.23. The molecule has 1 amide bonds. The summed E-state index contributed by atoms with van der Waals surface area (Å²) in [4.78, 5) is 18.1. The Bertz CT molecular complexity index is 1010. The number of amides is 1. The Morgan fingerprint density at radius 1 is 1.18 bits per heavy atom. The second-order valence-electron chi connectivity index (χ2n) is 6.06. The van der Waals surface area contributed by atoms with Gasteiger partial charge < -0.3 is 5.32 Å². The second-order valence-corrected chi connectivity index (χ2v) is 7.00. The maximum atomic E-state index is 13.4. The molecule has 0 spiro atoms. The van der Waals surface area contributed by atoms with E-state index in [0.29, 0.717) is 35.6 Å². The molecular formula is C19H17FN6OS. The topological polar surface area (TPSA) is 75.9 Å². The van der Waals surface area contributed by atoms with E-state index in [0.717, 1.165) is 5.56 Å². The van der Waals surface area contributed by atoms with E-state index in [2.05, 4.69) is 27.1 Å². The van der Waals surface area contributed by atoms with Crippen molar-refractivity contribution in [3.63, 3.8) is 0 Å². The molecule has 28 heavy (non-hydrogen) atoms. The number of pyridine rings is 1. The number of halogens is 1. The highest BCUT2D eigenvalue weighted by molar-refractivity contribution is 7.99. The van der Waals surface area contributed by atoms with Crippen molar-refractivity contribution in [1.82, 2.24) is 30.0 Å². The highest BCUT2D eigenvalue weighted by atomic mass is 32.2. The summed E-state index contributed by atoms with van der Waals surface area (Å²) in [7, 11) is 0. The van der Waals surface area contributed by atoms with Crippen molar-refractivity contribution >= 4 is 17.7 Å². The van der Waals surface area contributed by atoms with Crippen LogP contribution >= 0.6 is 11.8 Å². The third kappa shape index (κ3) is 3.61. The number of carbonyl (C=O) groups is 1. The Hall–Kier alpha value is -3.20. The Labute approximate surface area is 165 Å². The molecule has 3 heterocycles. The molecule has 0 unspecified atom stereocenters. The van der Waals surface area contributed by atoms with Gasteiger partial charge in [0.05, 0.1) is 5.75 Å². The molecule has 3 aromatic rings. The summed E-state index contributed by atoms with van der Waals surface area (Å²) in [5.41, 5.74) is 1.53. The number of hydrogen-bond donors (Lipinski definition) is 1. The predicted octanol–water partition coefficient (Wildman–Crippen LogP) is 2.46. The molecule has 1 N–H and O–H groups in total. The van der Waals surface area contributed by atoms with Gasteiger partial charge >= 0.3 is 0 Å². The van der Waals surface area contributed by atoms with Gasteiger partial charge in [-0.2, -0.15) is 0 Å². The first-order valence-electron chi connectivity index (χ1n) is 8.61. The summed E-state index contributed by atoms with van der Waals surface area (Å²) in [6.07, 6.45) is 3.34. The lowest BCUT2D eigenvalue weighted by Gasteiger charge is -2.15. The average Bonchev–Trinajstić information content (AvgIpc) is 3.34. The van der Waals surface area contributed by atoms with Crippen LogP contribution in [-0.4, -0.2) is 49.4 Å².